The van der Waals surface area contributed by atoms with Crippen molar-refractivity contribution in [1.29, 1.82) is 0 Å². The van der Waals surface area contributed by atoms with Crippen molar-refractivity contribution in [3.05, 3.63) is 65.6 Å². The Hall–Kier alpha value is -3.99. The number of nitrogens with zero attached hydrogens (tertiary/aromatic N) is 4. The summed E-state index contributed by atoms with van der Waals surface area (Å²) in [5.41, 5.74) is 1.93. The third-order valence-electron chi connectivity index (χ3n) is 6.54. The van der Waals surface area contributed by atoms with Gasteiger partial charge in [-0.3, -0.25) is 9.78 Å². The molecule has 0 saturated carbocycles. The highest BCUT2D eigenvalue weighted by Gasteiger charge is 2.26. The molecule has 0 atom stereocenters. The number of fused-ring (bicyclic) bond motifs is 1. The van der Waals surface area contributed by atoms with Gasteiger partial charge in [0.25, 0.3) is 11.7 Å². The molecule has 37 heavy (non-hydrogen) atoms. The molecule has 3 heterocycles. The minimum absolute atomic E-state index is 0.105. The molecule has 1 amide bonds. The smallest absolute Gasteiger partial charge is 0.467 e. The zero-order chi connectivity index (χ0) is 26.1. The molecule has 0 spiro atoms. The van der Waals surface area contributed by atoms with Gasteiger partial charge in [-0.15, -0.1) is 0 Å². The zero-order valence-electron chi connectivity index (χ0n) is 20.3. The molecule has 190 valence electrons. The third kappa shape index (κ3) is 4.39. The summed E-state index contributed by atoms with van der Waals surface area (Å²) < 4.78 is 48.5. The highest BCUT2D eigenvalue weighted by molar-refractivity contribution is 7.64. The van der Waals surface area contributed by atoms with Crippen molar-refractivity contribution in [2.45, 2.75) is 18.6 Å². The average molecular weight is 525 g/mol. The number of amides is 1. The van der Waals surface area contributed by atoms with Crippen LogP contribution < -0.4 is 15.0 Å². The number of methoxy groups -OCH3 is 1. The number of anilines is 2. The van der Waals surface area contributed by atoms with Gasteiger partial charge in [0.15, 0.2) is 11.6 Å². The van der Waals surface area contributed by atoms with Crippen LogP contribution in [0.2, 0.25) is 0 Å². The van der Waals surface area contributed by atoms with Crippen molar-refractivity contribution in [2.24, 2.45) is 7.05 Å². The average Bonchev–Trinajstić information content (AvgIpc) is 3.53. The number of nitrogens with one attached hydrogen (secondary N) is 1. The van der Waals surface area contributed by atoms with Crippen LogP contribution in [-0.2, 0) is 28.7 Å². The number of hydrogen-bond donors (Lipinski definition) is 1. The molecular weight excluding hydrogens is 500 g/mol. The van der Waals surface area contributed by atoms with E-state index >= 15 is 4.39 Å². The van der Waals surface area contributed by atoms with Gasteiger partial charge >= 0.3 is 11.7 Å². The van der Waals surface area contributed by atoms with Crippen LogP contribution >= 0.6 is 0 Å². The number of carbonyl (C=O) groups is 1. The second-order valence-electron chi connectivity index (χ2n) is 8.67. The van der Waals surface area contributed by atoms with Crippen molar-refractivity contribution >= 4 is 40.0 Å². The molecule has 0 aliphatic carbocycles. The fraction of sp³-hybridized carbons (Fsp3) is 0.269. The van der Waals surface area contributed by atoms with E-state index in [1.807, 2.05) is 17.7 Å². The van der Waals surface area contributed by atoms with Crippen LogP contribution in [-0.4, -0.2) is 40.6 Å². The number of benzene rings is 2. The number of ether oxygens (including phenoxy) is 1. The summed E-state index contributed by atoms with van der Waals surface area (Å²) in [4.78, 5) is 24.2. The lowest BCUT2D eigenvalue weighted by atomic mass is 10.1. The lowest BCUT2D eigenvalue weighted by Crippen LogP contribution is -2.22. The van der Waals surface area contributed by atoms with Crippen LogP contribution in [0.1, 0.15) is 29.0 Å². The quantitative estimate of drug-likeness (QED) is 0.353. The Morgan fingerprint density at radius 2 is 1.95 bits per heavy atom. The topological polar surface area (TPSA) is 89.4 Å². The summed E-state index contributed by atoms with van der Waals surface area (Å²) in [6.07, 6.45) is 3.24. The van der Waals surface area contributed by atoms with Crippen LogP contribution in [0.25, 0.3) is 22.3 Å². The maximum atomic E-state index is 15.6. The van der Waals surface area contributed by atoms with E-state index in [-0.39, 0.29) is 28.3 Å². The van der Waals surface area contributed by atoms with E-state index in [0.29, 0.717) is 28.7 Å². The first kappa shape index (κ1) is 24.7. The number of aryl methyl sites for hydroxylation is 1. The molecule has 5 rings (SSSR count). The molecule has 2 aromatic carbocycles. The monoisotopic (exact) mass is 524 g/mol. The molecule has 1 saturated heterocycles. The summed E-state index contributed by atoms with van der Waals surface area (Å²) in [6, 6.07) is 8.94. The summed E-state index contributed by atoms with van der Waals surface area (Å²) >= 11 is 0.439. The lowest BCUT2D eigenvalue weighted by molar-refractivity contribution is 0.102. The number of carbonyl (C=O) groups excluding carboxylic acids is 1. The molecule has 1 N–H and O–H groups in total. The van der Waals surface area contributed by atoms with E-state index in [1.54, 1.807) is 6.07 Å². The molecule has 8 nitrogen and oxygen atoms in total. The van der Waals surface area contributed by atoms with Gasteiger partial charge in [-0.25, -0.2) is 13.8 Å². The molecule has 0 unspecified atom stereocenters. The highest BCUT2D eigenvalue weighted by atomic mass is 32.1. The largest absolute Gasteiger partial charge is 0.496 e. The fourth-order valence-corrected chi connectivity index (χ4v) is 5.09. The second kappa shape index (κ2) is 10.2. The van der Waals surface area contributed by atoms with Crippen LogP contribution in [0.4, 0.5) is 20.2 Å². The number of pyridine rings is 1. The normalized spacial score (nSPS) is 13.2. The predicted molar refractivity (Wildman–Crippen MR) is 138 cm³/mol. The van der Waals surface area contributed by atoms with E-state index in [1.165, 1.54) is 37.6 Å². The molecular formula is C26H24F2N5O3S+. The van der Waals surface area contributed by atoms with E-state index < -0.39 is 17.5 Å². The van der Waals surface area contributed by atoms with Crippen LogP contribution in [0.5, 0.6) is 5.75 Å². The first-order chi connectivity index (χ1) is 17.9. The Kier molecular flexibility index (Phi) is 6.79. The van der Waals surface area contributed by atoms with Crippen molar-refractivity contribution in [1.82, 2.24) is 14.5 Å². The number of aromatic nitrogens is 3. The van der Waals surface area contributed by atoms with Gasteiger partial charge in [0, 0.05) is 30.5 Å². The zero-order valence-corrected chi connectivity index (χ0v) is 21.1. The molecule has 2 aromatic heterocycles. The SMILES string of the molecule is COc1cccc(F)c1-c1nccc(C(=O)Nc2ccc3c(nc(C[S+]=O)n3C)c2N2CCCC2)c1F. The Morgan fingerprint density at radius 1 is 1.16 bits per heavy atom. The summed E-state index contributed by atoms with van der Waals surface area (Å²) in [5, 5.41) is 2.83. The van der Waals surface area contributed by atoms with Crippen molar-refractivity contribution in [3.8, 4) is 17.0 Å². The van der Waals surface area contributed by atoms with Gasteiger partial charge < -0.3 is 19.5 Å². The predicted octanol–water partition coefficient (Wildman–Crippen LogP) is 4.70. The molecule has 1 aliphatic heterocycles. The number of hydrogen-bond acceptors (Lipinski definition) is 6. The van der Waals surface area contributed by atoms with Crippen LogP contribution in [0, 0.1) is 11.6 Å². The number of rotatable bonds is 7. The minimum atomic E-state index is -0.959. The second-order valence-corrected chi connectivity index (χ2v) is 9.19. The van der Waals surface area contributed by atoms with Gasteiger partial charge in [0.1, 0.15) is 22.8 Å². The van der Waals surface area contributed by atoms with E-state index in [9.17, 15) is 13.4 Å². The Bertz CT molecular complexity index is 1520. The molecule has 0 bridgehead atoms. The van der Waals surface area contributed by atoms with E-state index in [0.717, 1.165) is 37.1 Å². The fourth-order valence-electron chi connectivity index (χ4n) is 4.72. The van der Waals surface area contributed by atoms with Gasteiger partial charge in [-0.2, -0.15) is 0 Å². The standard InChI is InChI=1S/C26H23F2N5O3S/c1-32-18-9-8-17(25(33-12-3-4-13-33)23(18)31-20(32)14-37-35)30-26(34)15-10-11-29-24(22(15)28)21-16(27)6-5-7-19(21)36-2/h5-11H,3-4,12-14H2,1-2H3/p+1. The van der Waals surface area contributed by atoms with Crippen LogP contribution in [0.3, 0.4) is 0 Å². The molecule has 11 heteroatoms. The van der Waals surface area contributed by atoms with Gasteiger partial charge in [-0.1, -0.05) is 6.07 Å². The Labute approximate surface area is 215 Å². The van der Waals surface area contributed by atoms with E-state index in [4.69, 9.17) is 9.72 Å². The minimum Gasteiger partial charge on any atom is -0.496 e. The van der Waals surface area contributed by atoms with Gasteiger partial charge in [-0.05, 0) is 43.2 Å². The van der Waals surface area contributed by atoms with E-state index in [2.05, 4.69) is 15.2 Å². The maximum Gasteiger partial charge on any atom is 0.467 e. The lowest BCUT2D eigenvalue weighted by Gasteiger charge is -2.22. The number of halogens is 2. The maximum absolute atomic E-state index is 15.6. The summed E-state index contributed by atoms with van der Waals surface area (Å²) in [7, 11) is 3.19. The van der Waals surface area contributed by atoms with Crippen molar-refractivity contribution < 1.29 is 22.5 Å². The molecule has 0 radical (unpaired) electrons. The van der Waals surface area contributed by atoms with Crippen LogP contribution in [0.15, 0.2) is 42.6 Å². The first-order valence-electron chi connectivity index (χ1n) is 11.7. The highest BCUT2D eigenvalue weighted by Crippen LogP contribution is 2.38. The van der Waals surface area contributed by atoms with Crippen molar-refractivity contribution in [3.63, 3.8) is 0 Å². The number of imidazole rings is 1. The summed E-state index contributed by atoms with van der Waals surface area (Å²) in [5.74, 6) is -1.44. The molecule has 1 aliphatic rings. The van der Waals surface area contributed by atoms with Crippen molar-refractivity contribution in [2.75, 3.05) is 30.4 Å². The first-order valence-corrected chi connectivity index (χ1v) is 12.6. The Morgan fingerprint density at radius 3 is 2.68 bits per heavy atom. The molecule has 1 fully saturated rings. The Balaban J connectivity index is 1.57. The molecule has 4 aromatic rings. The third-order valence-corrected chi connectivity index (χ3v) is 6.92. The summed E-state index contributed by atoms with van der Waals surface area (Å²) in [6.45, 7) is 1.57. The van der Waals surface area contributed by atoms with Gasteiger partial charge in [0.05, 0.1) is 35.1 Å². The van der Waals surface area contributed by atoms with Gasteiger partial charge in [0.2, 0.25) is 0 Å².